The second-order valence-corrected chi connectivity index (χ2v) is 9.71. The second kappa shape index (κ2) is 9.15. The van der Waals surface area contributed by atoms with Crippen molar-refractivity contribution in [3.63, 3.8) is 0 Å². The molecule has 1 saturated heterocycles. The van der Waals surface area contributed by atoms with Gasteiger partial charge in [0.05, 0.1) is 0 Å². The molecule has 3 amide bonds. The van der Waals surface area contributed by atoms with Gasteiger partial charge in [0.15, 0.2) is 0 Å². The summed E-state index contributed by atoms with van der Waals surface area (Å²) in [5.41, 5.74) is 2.85. The summed E-state index contributed by atoms with van der Waals surface area (Å²) in [5, 5.41) is 18.4. The largest absolute Gasteiger partial charge is 0.365 e. The van der Waals surface area contributed by atoms with Gasteiger partial charge in [0.25, 0.3) is 5.91 Å². The number of carbonyl (C=O) groups is 3. The number of benzene rings is 3. The van der Waals surface area contributed by atoms with Crippen LogP contribution in [0.5, 0.6) is 0 Å². The third-order valence-electron chi connectivity index (χ3n) is 6.92. The minimum atomic E-state index is -1.77. The molecule has 35 heavy (non-hydrogen) atoms. The van der Waals surface area contributed by atoms with E-state index in [1.807, 2.05) is 74.5 Å². The van der Waals surface area contributed by atoms with Crippen LogP contribution < -0.4 is 10.6 Å². The zero-order valence-electron chi connectivity index (χ0n) is 19.8. The van der Waals surface area contributed by atoms with Gasteiger partial charge in [-0.15, -0.1) is 0 Å². The Morgan fingerprint density at radius 1 is 0.971 bits per heavy atom. The number of fused-ring (bicyclic) bond motifs is 2. The van der Waals surface area contributed by atoms with Crippen LogP contribution in [0.4, 0.5) is 0 Å². The van der Waals surface area contributed by atoms with Crippen LogP contribution in [-0.4, -0.2) is 46.0 Å². The molecule has 7 nitrogen and oxygen atoms in total. The first-order valence-electron chi connectivity index (χ1n) is 12.0. The highest BCUT2D eigenvalue weighted by Gasteiger charge is 2.49. The molecule has 3 N–H and O–H groups in total. The first-order valence-corrected chi connectivity index (χ1v) is 12.0. The van der Waals surface area contributed by atoms with Gasteiger partial charge in [-0.1, -0.05) is 60.7 Å². The number of aliphatic hydroxyl groups is 1. The lowest BCUT2D eigenvalue weighted by atomic mass is 9.91. The Balaban J connectivity index is 1.53. The Morgan fingerprint density at radius 2 is 1.60 bits per heavy atom. The maximum atomic E-state index is 13.9. The molecule has 3 aromatic rings. The van der Waals surface area contributed by atoms with E-state index >= 15 is 0 Å². The fraction of sp³-hybridized carbons (Fsp3) is 0.321. The molecule has 0 saturated carbocycles. The standard InChI is InChI=1S/C28H29N3O4/c1-16(2)29-25(32)24(21-12-11-17-7-3-4-8-18(17)13-21)31-27(34)23(30-26(33)28(31)35)22-14-19-9-5-6-10-20(19)15-22/h3-13,16,22-24,28,35H,14-15H2,1-2H3,(H,29,32)(H,30,33)/t23-,24?,28-/m1/s1. The topological polar surface area (TPSA) is 98.7 Å². The fourth-order valence-electron chi connectivity index (χ4n) is 5.29. The number of hydrogen-bond acceptors (Lipinski definition) is 4. The van der Waals surface area contributed by atoms with Crippen LogP contribution >= 0.6 is 0 Å². The van der Waals surface area contributed by atoms with Crippen LogP contribution in [0, 0.1) is 5.92 Å². The number of nitrogens with one attached hydrogen (secondary N) is 2. The second-order valence-electron chi connectivity index (χ2n) is 9.71. The van der Waals surface area contributed by atoms with E-state index in [0.717, 1.165) is 26.8 Å². The van der Waals surface area contributed by atoms with Gasteiger partial charge in [-0.25, -0.2) is 0 Å². The summed E-state index contributed by atoms with van der Waals surface area (Å²) >= 11 is 0. The van der Waals surface area contributed by atoms with Gasteiger partial charge in [0, 0.05) is 6.04 Å². The van der Waals surface area contributed by atoms with Crippen LogP contribution in [-0.2, 0) is 27.2 Å². The molecule has 1 fully saturated rings. The zero-order valence-corrected chi connectivity index (χ0v) is 19.8. The molecule has 3 aromatic carbocycles. The highest BCUT2D eigenvalue weighted by atomic mass is 16.3. The predicted molar refractivity (Wildman–Crippen MR) is 132 cm³/mol. The van der Waals surface area contributed by atoms with Crippen molar-refractivity contribution < 1.29 is 19.5 Å². The van der Waals surface area contributed by atoms with Crippen molar-refractivity contribution in [2.75, 3.05) is 0 Å². The van der Waals surface area contributed by atoms with Crippen molar-refractivity contribution in [2.24, 2.45) is 5.92 Å². The maximum Gasteiger partial charge on any atom is 0.270 e. The van der Waals surface area contributed by atoms with Crippen molar-refractivity contribution >= 4 is 28.5 Å². The number of rotatable bonds is 5. The molecular weight excluding hydrogens is 442 g/mol. The third-order valence-corrected chi connectivity index (χ3v) is 6.92. The molecule has 180 valence electrons. The summed E-state index contributed by atoms with van der Waals surface area (Å²) in [6, 6.07) is 19.0. The third kappa shape index (κ3) is 4.28. The van der Waals surface area contributed by atoms with E-state index in [0.29, 0.717) is 18.4 Å². The van der Waals surface area contributed by atoms with Crippen LogP contribution in [0.3, 0.4) is 0 Å². The van der Waals surface area contributed by atoms with Gasteiger partial charge in [0.1, 0.15) is 12.1 Å². The Labute approximate surface area is 204 Å². The molecule has 2 aliphatic rings. The van der Waals surface area contributed by atoms with Crippen LogP contribution in [0.1, 0.15) is 36.6 Å². The Bertz CT molecular complexity index is 1280. The zero-order chi connectivity index (χ0) is 24.7. The highest BCUT2D eigenvalue weighted by molar-refractivity contribution is 6.00. The number of hydrogen-bond donors (Lipinski definition) is 3. The summed E-state index contributed by atoms with van der Waals surface area (Å²) in [5.74, 6) is -1.71. The van der Waals surface area contributed by atoms with Gasteiger partial charge in [-0.2, -0.15) is 0 Å². The van der Waals surface area contributed by atoms with E-state index in [-0.39, 0.29) is 12.0 Å². The summed E-state index contributed by atoms with van der Waals surface area (Å²) in [6.07, 6.45) is -0.470. The van der Waals surface area contributed by atoms with Crippen molar-refractivity contribution in [2.45, 2.75) is 51.0 Å². The smallest absolute Gasteiger partial charge is 0.270 e. The normalized spacial score (nSPS) is 21.2. The van der Waals surface area contributed by atoms with Crippen LogP contribution in [0.15, 0.2) is 66.7 Å². The molecule has 1 unspecified atom stereocenters. The van der Waals surface area contributed by atoms with E-state index in [1.165, 1.54) is 0 Å². The predicted octanol–water partition coefficient (Wildman–Crippen LogP) is 2.47. The Morgan fingerprint density at radius 3 is 2.26 bits per heavy atom. The van der Waals surface area contributed by atoms with Crippen LogP contribution in [0.25, 0.3) is 10.8 Å². The molecule has 1 aliphatic heterocycles. The van der Waals surface area contributed by atoms with E-state index in [4.69, 9.17) is 0 Å². The molecule has 5 rings (SSSR count). The number of aliphatic hydroxyl groups excluding tert-OH is 1. The fourth-order valence-corrected chi connectivity index (χ4v) is 5.29. The maximum absolute atomic E-state index is 13.9. The first-order chi connectivity index (χ1) is 16.8. The number of amides is 3. The van der Waals surface area contributed by atoms with Gasteiger partial charge < -0.3 is 15.7 Å². The number of carbonyl (C=O) groups excluding carboxylic acids is 3. The molecule has 1 aliphatic carbocycles. The Hall–Kier alpha value is -3.71. The molecule has 0 aromatic heterocycles. The average molecular weight is 472 g/mol. The van der Waals surface area contributed by atoms with E-state index < -0.39 is 36.0 Å². The molecular formula is C28H29N3O4. The lowest BCUT2D eigenvalue weighted by Crippen LogP contribution is -2.67. The quantitative estimate of drug-likeness (QED) is 0.532. The molecule has 1 heterocycles. The molecule has 0 spiro atoms. The highest BCUT2D eigenvalue weighted by Crippen LogP contribution is 2.34. The van der Waals surface area contributed by atoms with Gasteiger partial charge in [-0.05, 0) is 66.1 Å². The van der Waals surface area contributed by atoms with E-state index in [1.54, 1.807) is 6.07 Å². The number of piperazine rings is 1. The Kier molecular flexibility index (Phi) is 6.03. The average Bonchev–Trinajstić information content (AvgIpc) is 3.27. The minimum absolute atomic E-state index is 0.149. The van der Waals surface area contributed by atoms with E-state index in [9.17, 15) is 19.5 Å². The summed E-state index contributed by atoms with van der Waals surface area (Å²) in [4.78, 5) is 41.3. The SMILES string of the molecule is CC(C)NC(=O)C(c1ccc2ccccc2c1)N1C(=O)[C@@H](C2Cc3ccccc3C2)NC(=O)[C@H]1O. The summed E-state index contributed by atoms with van der Waals surface area (Å²) in [7, 11) is 0. The first kappa shape index (κ1) is 23.1. The minimum Gasteiger partial charge on any atom is -0.365 e. The molecule has 3 atom stereocenters. The van der Waals surface area contributed by atoms with Crippen molar-refractivity contribution in [3.05, 3.63) is 83.4 Å². The van der Waals surface area contributed by atoms with Gasteiger partial charge >= 0.3 is 0 Å². The lowest BCUT2D eigenvalue weighted by Gasteiger charge is -2.42. The monoisotopic (exact) mass is 471 g/mol. The summed E-state index contributed by atoms with van der Waals surface area (Å²) in [6.45, 7) is 3.66. The number of nitrogens with zero attached hydrogens (tertiary/aromatic N) is 1. The van der Waals surface area contributed by atoms with Crippen molar-refractivity contribution in [3.8, 4) is 0 Å². The van der Waals surface area contributed by atoms with E-state index in [2.05, 4.69) is 10.6 Å². The van der Waals surface area contributed by atoms with Gasteiger partial charge in [-0.3, -0.25) is 19.3 Å². The molecule has 7 heteroatoms. The van der Waals surface area contributed by atoms with Crippen LogP contribution in [0.2, 0.25) is 0 Å². The summed E-state index contributed by atoms with van der Waals surface area (Å²) < 4.78 is 0. The molecule has 0 radical (unpaired) electrons. The molecule has 0 bridgehead atoms. The van der Waals surface area contributed by atoms with Crippen molar-refractivity contribution in [1.29, 1.82) is 0 Å². The van der Waals surface area contributed by atoms with Crippen molar-refractivity contribution in [1.82, 2.24) is 15.5 Å². The van der Waals surface area contributed by atoms with Gasteiger partial charge in [0.2, 0.25) is 18.0 Å². The lowest BCUT2D eigenvalue weighted by molar-refractivity contribution is -0.171.